The first kappa shape index (κ1) is 28.4. The van der Waals surface area contributed by atoms with E-state index in [2.05, 4.69) is 88.0 Å². The molecule has 0 saturated carbocycles. The molecule has 1 heteroatoms. The Labute approximate surface area is 188 Å². The SMILES string of the molecule is CC.CCCCCCCCC.CCN(Cc1ccc(C)cc1)Cc1ccccc1C. The Morgan fingerprint density at radius 3 is 1.67 bits per heavy atom. The highest BCUT2D eigenvalue weighted by molar-refractivity contribution is 5.26. The molecule has 0 aliphatic heterocycles. The van der Waals surface area contributed by atoms with Gasteiger partial charge in [0.15, 0.2) is 0 Å². The van der Waals surface area contributed by atoms with Gasteiger partial charge in [0, 0.05) is 13.1 Å². The summed E-state index contributed by atoms with van der Waals surface area (Å²) in [6.07, 6.45) is 9.97. The van der Waals surface area contributed by atoms with Gasteiger partial charge in [-0.3, -0.25) is 4.90 Å². The van der Waals surface area contributed by atoms with Gasteiger partial charge in [0.25, 0.3) is 0 Å². The van der Waals surface area contributed by atoms with Gasteiger partial charge in [0.05, 0.1) is 0 Å². The van der Waals surface area contributed by atoms with Crippen molar-refractivity contribution in [2.24, 2.45) is 0 Å². The molecular weight excluding hydrogens is 362 g/mol. The molecule has 0 saturated heterocycles. The Morgan fingerprint density at radius 2 is 1.17 bits per heavy atom. The van der Waals surface area contributed by atoms with Crippen molar-refractivity contribution >= 4 is 0 Å². The summed E-state index contributed by atoms with van der Waals surface area (Å²) in [5.41, 5.74) is 5.52. The molecule has 1 nitrogen and oxygen atoms in total. The van der Waals surface area contributed by atoms with Crippen molar-refractivity contribution in [3.8, 4) is 0 Å². The number of aryl methyl sites for hydroxylation is 2. The molecule has 170 valence electrons. The first-order valence-electron chi connectivity index (χ1n) is 12.4. The van der Waals surface area contributed by atoms with Crippen LogP contribution >= 0.6 is 0 Å². The van der Waals surface area contributed by atoms with Gasteiger partial charge in [0.2, 0.25) is 0 Å². The number of hydrogen-bond donors (Lipinski definition) is 0. The molecule has 0 amide bonds. The van der Waals surface area contributed by atoms with E-state index in [1.54, 1.807) is 0 Å². The molecule has 0 radical (unpaired) electrons. The molecule has 0 aromatic heterocycles. The molecule has 0 heterocycles. The van der Waals surface area contributed by atoms with Crippen LogP contribution < -0.4 is 0 Å². The predicted molar refractivity (Wildman–Crippen MR) is 137 cm³/mol. The second kappa shape index (κ2) is 19.4. The van der Waals surface area contributed by atoms with Crippen LogP contribution in [0.3, 0.4) is 0 Å². The summed E-state index contributed by atoms with van der Waals surface area (Å²) in [7, 11) is 0. The van der Waals surface area contributed by atoms with Gasteiger partial charge < -0.3 is 0 Å². The molecule has 0 spiro atoms. The van der Waals surface area contributed by atoms with Crippen molar-refractivity contribution in [3.63, 3.8) is 0 Å². The lowest BCUT2D eigenvalue weighted by molar-refractivity contribution is 0.271. The standard InChI is InChI=1S/C18H23N.C9H20.C2H6/c1-4-19(13-17-11-9-15(2)10-12-17)14-18-8-6-5-7-16(18)3;1-3-5-7-9-8-6-4-2;1-2/h5-12H,4,13-14H2,1-3H3;3-9H2,1-2H3;1-2H3. The summed E-state index contributed by atoms with van der Waals surface area (Å²) >= 11 is 0. The average Bonchev–Trinajstić information content (AvgIpc) is 2.78. The van der Waals surface area contributed by atoms with E-state index in [0.717, 1.165) is 19.6 Å². The third-order valence-corrected chi connectivity index (χ3v) is 5.34. The quantitative estimate of drug-likeness (QED) is 0.333. The fourth-order valence-corrected chi connectivity index (χ4v) is 3.29. The Bertz CT molecular complexity index is 609. The number of unbranched alkanes of at least 4 members (excludes halogenated alkanes) is 6. The Morgan fingerprint density at radius 1 is 0.633 bits per heavy atom. The molecule has 2 aromatic carbocycles. The molecular formula is C29H49N. The highest BCUT2D eigenvalue weighted by atomic mass is 15.1. The van der Waals surface area contributed by atoms with E-state index < -0.39 is 0 Å². The number of hydrogen-bond acceptors (Lipinski definition) is 1. The molecule has 2 aromatic rings. The summed E-state index contributed by atoms with van der Waals surface area (Å²) in [6.45, 7) is 18.2. The summed E-state index contributed by atoms with van der Waals surface area (Å²) < 4.78 is 0. The minimum Gasteiger partial charge on any atom is -0.295 e. The van der Waals surface area contributed by atoms with Gasteiger partial charge in [-0.15, -0.1) is 0 Å². The molecule has 30 heavy (non-hydrogen) atoms. The molecule has 2 rings (SSSR count). The van der Waals surface area contributed by atoms with E-state index in [-0.39, 0.29) is 0 Å². The highest BCUT2D eigenvalue weighted by Crippen LogP contribution is 2.13. The fourth-order valence-electron chi connectivity index (χ4n) is 3.29. The number of benzene rings is 2. The van der Waals surface area contributed by atoms with Crippen molar-refractivity contribution in [2.45, 2.75) is 107 Å². The van der Waals surface area contributed by atoms with Crippen molar-refractivity contribution < 1.29 is 0 Å². The fraction of sp³-hybridized carbons (Fsp3) is 0.586. The lowest BCUT2D eigenvalue weighted by atomic mass is 10.1. The predicted octanol–water partition coefficient (Wildman–Crippen LogP) is 9.11. The largest absolute Gasteiger partial charge is 0.295 e. The average molecular weight is 412 g/mol. The minimum atomic E-state index is 1.02. The van der Waals surface area contributed by atoms with E-state index in [9.17, 15) is 0 Å². The van der Waals surface area contributed by atoms with E-state index in [1.165, 1.54) is 67.2 Å². The van der Waals surface area contributed by atoms with Gasteiger partial charge in [-0.25, -0.2) is 0 Å². The van der Waals surface area contributed by atoms with Crippen molar-refractivity contribution in [1.29, 1.82) is 0 Å². The van der Waals surface area contributed by atoms with Crippen LogP contribution in [0.2, 0.25) is 0 Å². The second-order valence-electron chi connectivity index (χ2n) is 7.98. The molecule has 0 atom stereocenters. The summed E-state index contributed by atoms with van der Waals surface area (Å²) in [5.74, 6) is 0. The normalized spacial score (nSPS) is 10.1. The maximum atomic E-state index is 2.48. The maximum Gasteiger partial charge on any atom is 0.0239 e. The second-order valence-corrected chi connectivity index (χ2v) is 7.98. The van der Waals surface area contributed by atoms with E-state index in [4.69, 9.17) is 0 Å². The zero-order chi connectivity index (χ0) is 22.6. The van der Waals surface area contributed by atoms with Crippen LogP contribution in [0.1, 0.15) is 102 Å². The molecule has 0 unspecified atom stereocenters. The minimum absolute atomic E-state index is 1.02. The van der Waals surface area contributed by atoms with Crippen LogP contribution in [0.5, 0.6) is 0 Å². The molecule has 0 aliphatic rings. The van der Waals surface area contributed by atoms with Crippen LogP contribution in [0, 0.1) is 13.8 Å². The third kappa shape index (κ3) is 13.6. The van der Waals surface area contributed by atoms with Crippen LogP contribution in [0.15, 0.2) is 48.5 Å². The summed E-state index contributed by atoms with van der Waals surface area (Å²) in [5, 5.41) is 0. The first-order valence-corrected chi connectivity index (χ1v) is 12.4. The van der Waals surface area contributed by atoms with E-state index >= 15 is 0 Å². The zero-order valence-electron chi connectivity index (χ0n) is 21.1. The van der Waals surface area contributed by atoms with Gasteiger partial charge in [0.1, 0.15) is 0 Å². The maximum absolute atomic E-state index is 2.48. The third-order valence-electron chi connectivity index (χ3n) is 5.34. The van der Waals surface area contributed by atoms with Crippen LogP contribution in [-0.2, 0) is 13.1 Å². The Hall–Kier alpha value is -1.60. The van der Waals surface area contributed by atoms with Crippen molar-refractivity contribution in [2.75, 3.05) is 6.54 Å². The Kier molecular flexibility index (Phi) is 18.3. The zero-order valence-corrected chi connectivity index (χ0v) is 21.1. The highest BCUT2D eigenvalue weighted by Gasteiger charge is 2.06. The van der Waals surface area contributed by atoms with Gasteiger partial charge in [-0.1, -0.05) is 134 Å². The molecule has 0 N–H and O–H groups in total. The summed E-state index contributed by atoms with van der Waals surface area (Å²) in [4.78, 5) is 2.48. The van der Waals surface area contributed by atoms with Gasteiger partial charge >= 0.3 is 0 Å². The molecule has 0 aliphatic carbocycles. The number of rotatable bonds is 11. The first-order chi connectivity index (χ1) is 14.6. The van der Waals surface area contributed by atoms with E-state index in [0.29, 0.717) is 0 Å². The summed E-state index contributed by atoms with van der Waals surface area (Å²) in [6, 6.07) is 17.5. The van der Waals surface area contributed by atoms with Crippen LogP contribution in [-0.4, -0.2) is 11.4 Å². The molecule has 0 bridgehead atoms. The topological polar surface area (TPSA) is 3.24 Å². The lowest BCUT2D eigenvalue weighted by Gasteiger charge is -2.21. The Balaban J connectivity index is 0.000000648. The monoisotopic (exact) mass is 411 g/mol. The van der Waals surface area contributed by atoms with Crippen LogP contribution in [0.25, 0.3) is 0 Å². The van der Waals surface area contributed by atoms with Crippen LogP contribution in [0.4, 0.5) is 0 Å². The van der Waals surface area contributed by atoms with Gasteiger partial charge in [-0.05, 0) is 37.1 Å². The van der Waals surface area contributed by atoms with Crippen molar-refractivity contribution in [1.82, 2.24) is 4.90 Å². The van der Waals surface area contributed by atoms with E-state index in [1.807, 2.05) is 13.8 Å². The smallest absolute Gasteiger partial charge is 0.0239 e. The number of nitrogens with zero attached hydrogens (tertiary/aromatic N) is 1. The van der Waals surface area contributed by atoms with Crippen molar-refractivity contribution in [3.05, 3.63) is 70.8 Å². The lowest BCUT2D eigenvalue weighted by Crippen LogP contribution is -2.22. The molecule has 0 fully saturated rings. The van der Waals surface area contributed by atoms with Gasteiger partial charge in [-0.2, -0.15) is 0 Å².